The first-order chi connectivity index (χ1) is 8.58. The number of carboxylic acid groups (broad SMARTS) is 1. The number of rotatable bonds is 9. The van der Waals surface area contributed by atoms with Gasteiger partial charge in [-0.1, -0.05) is 6.92 Å². The second-order valence-corrected chi connectivity index (χ2v) is 4.85. The highest BCUT2D eigenvalue weighted by molar-refractivity contribution is 5.66. The van der Waals surface area contributed by atoms with Gasteiger partial charge in [0.2, 0.25) is 0 Å². The minimum atomic E-state index is -0.702. The maximum absolute atomic E-state index is 10.4. The summed E-state index contributed by atoms with van der Waals surface area (Å²) in [6.45, 7) is 3.99. The normalized spacial score (nSPS) is 12.6. The van der Waals surface area contributed by atoms with Crippen molar-refractivity contribution < 1.29 is 9.90 Å². The number of aryl methyl sites for hydroxylation is 1. The average Bonchev–Trinajstić information content (AvgIpc) is 2.72. The summed E-state index contributed by atoms with van der Waals surface area (Å²) in [6, 6.07) is 0. The van der Waals surface area contributed by atoms with E-state index in [9.17, 15) is 4.79 Å². The lowest BCUT2D eigenvalue weighted by atomic mass is 10.0. The van der Waals surface area contributed by atoms with Crippen LogP contribution >= 0.6 is 0 Å². The van der Waals surface area contributed by atoms with Gasteiger partial charge in [-0.3, -0.25) is 9.48 Å². The number of carboxylic acids is 1. The summed E-state index contributed by atoms with van der Waals surface area (Å²) < 4.78 is 1.81. The Labute approximate surface area is 108 Å². The molecule has 102 valence electrons. The molecule has 0 saturated heterocycles. The molecule has 0 saturated carbocycles. The summed E-state index contributed by atoms with van der Waals surface area (Å²) in [5, 5.41) is 16.1. The molecule has 0 fully saturated rings. The summed E-state index contributed by atoms with van der Waals surface area (Å²) in [7, 11) is 1.92. The molecule has 1 heterocycles. The molecule has 5 heteroatoms. The van der Waals surface area contributed by atoms with E-state index in [2.05, 4.69) is 17.3 Å². The van der Waals surface area contributed by atoms with Gasteiger partial charge in [-0.2, -0.15) is 5.10 Å². The second-order valence-electron chi connectivity index (χ2n) is 4.85. The SMILES string of the molecule is CC(CCNCCc1cnn(C)c1)CCC(=O)O. The topological polar surface area (TPSA) is 67.2 Å². The van der Waals surface area contributed by atoms with E-state index in [1.807, 2.05) is 24.1 Å². The fraction of sp³-hybridized carbons (Fsp3) is 0.692. The first-order valence-corrected chi connectivity index (χ1v) is 6.48. The molecule has 5 nitrogen and oxygen atoms in total. The summed E-state index contributed by atoms with van der Waals surface area (Å²) in [5.41, 5.74) is 1.24. The first-order valence-electron chi connectivity index (χ1n) is 6.48. The molecule has 2 N–H and O–H groups in total. The highest BCUT2D eigenvalue weighted by Gasteiger charge is 2.05. The Morgan fingerprint density at radius 2 is 2.28 bits per heavy atom. The van der Waals surface area contributed by atoms with Gasteiger partial charge in [-0.05, 0) is 43.8 Å². The lowest BCUT2D eigenvalue weighted by Gasteiger charge is -2.10. The Bertz CT molecular complexity index is 363. The van der Waals surface area contributed by atoms with Crippen LogP contribution in [0.4, 0.5) is 0 Å². The fourth-order valence-electron chi connectivity index (χ4n) is 1.82. The van der Waals surface area contributed by atoms with Crippen LogP contribution in [0.25, 0.3) is 0 Å². The average molecular weight is 253 g/mol. The van der Waals surface area contributed by atoms with Gasteiger partial charge in [0.15, 0.2) is 0 Å². The minimum Gasteiger partial charge on any atom is -0.481 e. The Balaban J connectivity index is 1.99. The van der Waals surface area contributed by atoms with Crippen molar-refractivity contribution in [1.29, 1.82) is 0 Å². The van der Waals surface area contributed by atoms with Crippen molar-refractivity contribution in [2.24, 2.45) is 13.0 Å². The number of carbonyl (C=O) groups is 1. The molecule has 1 atom stereocenters. The van der Waals surface area contributed by atoms with Crippen LogP contribution in [0.3, 0.4) is 0 Å². The monoisotopic (exact) mass is 253 g/mol. The Morgan fingerprint density at radius 1 is 1.50 bits per heavy atom. The van der Waals surface area contributed by atoms with Crippen LogP contribution in [0, 0.1) is 5.92 Å². The van der Waals surface area contributed by atoms with Gasteiger partial charge in [-0.15, -0.1) is 0 Å². The van der Waals surface area contributed by atoms with Gasteiger partial charge in [0.1, 0.15) is 0 Å². The molecule has 0 aliphatic rings. The molecule has 0 spiro atoms. The predicted molar refractivity (Wildman–Crippen MR) is 70.4 cm³/mol. The number of hydrogen-bond donors (Lipinski definition) is 2. The second kappa shape index (κ2) is 7.87. The van der Waals surface area contributed by atoms with Crippen LogP contribution < -0.4 is 5.32 Å². The Morgan fingerprint density at radius 3 is 2.89 bits per heavy atom. The predicted octanol–water partition coefficient (Wildman–Crippen LogP) is 1.44. The maximum Gasteiger partial charge on any atom is 0.303 e. The van der Waals surface area contributed by atoms with E-state index in [0.717, 1.165) is 32.4 Å². The van der Waals surface area contributed by atoms with E-state index < -0.39 is 5.97 Å². The molecule has 0 aromatic carbocycles. The minimum absolute atomic E-state index is 0.275. The van der Waals surface area contributed by atoms with Crippen molar-refractivity contribution in [2.45, 2.75) is 32.6 Å². The third kappa shape index (κ3) is 6.39. The molecule has 1 aromatic rings. The molecular formula is C13H23N3O2. The van der Waals surface area contributed by atoms with E-state index in [1.165, 1.54) is 5.56 Å². The zero-order chi connectivity index (χ0) is 13.4. The van der Waals surface area contributed by atoms with Crippen LogP contribution in [-0.2, 0) is 18.3 Å². The van der Waals surface area contributed by atoms with Crippen molar-refractivity contribution in [1.82, 2.24) is 15.1 Å². The van der Waals surface area contributed by atoms with Crippen molar-refractivity contribution in [2.75, 3.05) is 13.1 Å². The van der Waals surface area contributed by atoms with Crippen LogP contribution in [0.2, 0.25) is 0 Å². The van der Waals surface area contributed by atoms with Crippen molar-refractivity contribution in [3.8, 4) is 0 Å². The van der Waals surface area contributed by atoms with Gasteiger partial charge < -0.3 is 10.4 Å². The molecule has 1 unspecified atom stereocenters. The number of aromatic nitrogens is 2. The number of nitrogens with zero attached hydrogens (tertiary/aromatic N) is 2. The zero-order valence-electron chi connectivity index (χ0n) is 11.2. The maximum atomic E-state index is 10.4. The molecule has 0 bridgehead atoms. The van der Waals surface area contributed by atoms with Crippen LogP contribution in [0.1, 0.15) is 31.7 Å². The van der Waals surface area contributed by atoms with E-state index >= 15 is 0 Å². The third-order valence-corrected chi connectivity index (χ3v) is 3.01. The first kappa shape index (κ1) is 14.7. The van der Waals surface area contributed by atoms with Gasteiger partial charge in [0.05, 0.1) is 6.20 Å². The third-order valence-electron chi connectivity index (χ3n) is 3.01. The number of nitrogens with one attached hydrogen (secondary N) is 1. The van der Waals surface area contributed by atoms with E-state index in [0.29, 0.717) is 5.92 Å². The van der Waals surface area contributed by atoms with Gasteiger partial charge in [0, 0.05) is 19.7 Å². The summed E-state index contributed by atoms with van der Waals surface area (Å²) in [4.78, 5) is 10.4. The van der Waals surface area contributed by atoms with E-state index in [4.69, 9.17) is 5.11 Å². The van der Waals surface area contributed by atoms with Crippen LogP contribution in [0.5, 0.6) is 0 Å². The molecule has 1 rings (SSSR count). The lowest BCUT2D eigenvalue weighted by Crippen LogP contribution is -2.20. The van der Waals surface area contributed by atoms with Gasteiger partial charge in [0.25, 0.3) is 0 Å². The standard InChI is InChI=1S/C13H23N3O2/c1-11(3-4-13(17)18)5-7-14-8-6-12-9-15-16(2)10-12/h9-11,14H,3-8H2,1-2H3,(H,17,18). The van der Waals surface area contributed by atoms with E-state index in [-0.39, 0.29) is 6.42 Å². The highest BCUT2D eigenvalue weighted by atomic mass is 16.4. The molecule has 0 radical (unpaired) electrons. The summed E-state index contributed by atoms with van der Waals surface area (Å²) >= 11 is 0. The van der Waals surface area contributed by atoms with Crippen molar-refractivity contribution in [3.63, 3.8) is 0 Å². The number of aliphatic carboxylic acids is 1. The number of hydrogen-bond acceptors (Lipinski definition) is 3. The Kier molecular flexibility index (Phi) is 6.43. The largest absolute Gasteiger partial charge is 0.481 e. The molecule has 1 aromatic heterocycles. The van der Waals surface area contributed by atoms with Crippen molar-refractivity contribution >= 4 is 5.97 Å². The zero-order valence-corrected chi connectivity index (χ0v) is 11.2. The Hall–Kier alpha value is -1.36. The molecule has 0 aliphatic heterocycles. The molecule has 18 heavy (non-hydrogen) atoms. The molecule has 0 aliphatic carbocycles. The lowest BCUT2D eigenvalue weighted by molar-refractivity contribution is -0.137. The van der Waals surface area contributed by atoms with Gasteiger partial charge in [-0.25, -0.2) is 0 Å². The summed E-state index contributed by atoms with van der Waals surface area (Å²) in [6.07, 6.45) is 6.96. The summed E-state index contributed by atoms with van der Waals surface area (Å²) in [5.74, 6) is -0.238. The highest BCUT2D eigenvalue weighted by Crippen LogP contribution is 2.09. The van der Waals surface area contributed by atoms with Crippen molar-refractivity contribution in [3.05, 3.63) is 18.0 Å². The molecular weight excluding hydrogens is 230 g/mol. The quantitative estimate of drug-likeness (QED) is 0.654. The van der Waals surface area contributed by atoms with Crippen LogP contribution in [0.15, 0.2) is 12.4 Å². The van der Waals surface area contributed by atoms with E-state index in [1.54, 1.807) is 0 Å². The van der Waals surface area contributed by atoms with Crippen LogP contribution in [-0.4, -0.2) is 33.9 Å². The van der Waals surface area contributed by atoms with Gasteiger partial charge >= 0.3 is 5.97 Å². The molecule has 0 amide bonds. The fourth-order valence-corrected chi connectivity index (χ4v) is 1.82. The smallest absolute Gasteiger partial charge is 0.303 e.